The van der Waals surface area contributed by atoms with E-state index in [1.165, 1.54) is 0 Å². The fraction of sp³-hybridized carbons (Fsp3) is 0.409. The Morgan fingerprint density at radius 2 is 1.59 bits per heavy atom. The molecular weight excluding hydrogens is 376 g/mol. The van der Waals surface area contributed by atoms with E-state index in [1.54, 1.807) is 21.3 Å². The van der Waals surface area contributed by atoms with Gasteiger partial charge < -0.3 is 28.4 Å². The lowest BCUT2D eigenvalue weighted by atomic mass is 9.67. The first-order valence-electron chi connectivity index (χ1n) is 9.53. The third kappa shape index (κ3) is 2.68. The van der Waals surface area contributed by atoms with Crippen LogP contribution >= 0.6 is 0 Å². The van der Waals surface area contributed by atoms with Gasteiger partial charge >= 0.3 is 5.97 Å². The van der Waals surface area contributed by atoms with Crippen molar-refractivity contribution in [1.29, 1.82) is 0 Å². The summed E-state index contributed by atoms with van der Waals surface area (Å²) in [6, 6.07) is 7.84. The smallest absolute Gasteiger partial charge is 0.310 e. The Morgan fingerprint density at radius 3 is 2.24 bits per heavy atom. The van der Waals surface area contributed by atoms with Gasteiger partial charge in [0.05, 0.1) is 33.9 Å². The fourth-order valence-corrected chi connectivity index (χ4v) is 4.79. The molecule has 3 atom stereocenters. The Morgan fingerprint density at radius 1 is 0.897 bits per heavy atom. The Hall–Kier alpha value is -3.09. The van der Waals surface area contributed by atoms with Crippen molar-refractivity contribution in [3.05, 3.63) is 41.0 Å². The van der Waals surface area contributed by atoms with Crippen LogP contribution < -0.4 is 23.7 Å². The molecule has 5 rings (SSSR count). The van der Waals surface area contributed by atoms with E-state index < -0.39 is 0 Å². The quantitative estimate of drug-likeness (QED) is 0.733. The van der Waals surface area contributed by atoms with Crippen LogP contribution in [0.3, 0.4) is 0 Å². The summed E-state index contributed by atoms with van der Waals surface area (Å²) in [5.74, 6) is 2.53. The normalized spacial score (nSPS) is 23.8. The number of fused-ring (bicyclic) bond motifs is 3. The van der Waals surface area contributed by atoms with E-state index in [0.29, 0.717) is 29.6 Å². The molecule has 0 N–H and O–H groups in total. The molecule has 1 fully saturated rings. The molecule has 0 bridgehead atoms. The highest BCUT2D eigenvalue weighted by Gasteiger charge is 2.48. The first kappa shape index (κ1) is 18.0. The van der Waals surface area contributed by atoms with Gasteiger partial charge in [-0.05, 0) is 47.4 Å². The van der Waals surface area contributed by atoms with Gasteiger partial charge in [0.1, 0.15) is 0 Å². The molecule has 0 spiro atoms. The number of hydrogen-bond donors (Lipinski definition) is 0. The number of carbonyl (C=O) groups excluding carboxylic acids is 1. The van der Waals surface area contributed by atoms with Crippen LogP contribution in [0.4, 0.5) is 0 Å². The topological polar surface area (TPSA) is 72.5 Å². The van der Waals surface area contributed by atoms with Gasteiger partial charge in [0, 0.05) is 11.8 Å². The molecule has 1 saturated heterocycles. The van der Waals surface area contributed by atoms with E-state index in [0.717, 1.165) is 28.9 Å². The first-order valence-corrected chi connectivity index (χ1v) is 9.53. The number of hydrogen-bond acceptors (Lipinski definition) is 7. The molecule has 0 saturated carbocycles. The van der Waals surface area contributed by atoms with E-state index in [2.05, 4.69) is 0 Å². The van der Waals surface area contributed by atoms with Crippen LogP contribution in [0.15, 0.2) is 24.3 Å². The average molecular weight is 398 g/mol. The van der Waals surface area contributed by atoms with Crippen molar-refractivity contribution < 1.29 is 33.2 Å². The van der Waals surface area contributed by atoms with E-state index in [9.17, 15) is 4.79 Å². The molecule has 3 aliphatic rings. The van der Waals surface area contributed by atoms with Crippen molar-refractivity contribution in [3.8, 4) is 28.7 Å². The van der Waals surface area contributed by atoms with Crippen molar-refractivity contribution >= 4 is 5.97 Å². The molecule has 1 unspecified atom stereocenters. The number of rotatable bonds is 4. The second-order valence-electron chi connectivity index (χ2n) is 7.46. The summed E-state index contributed by atoms with van der Waals surface area (Å²) < 4.78 is 33.2. The van der Waals surface area contributed by atoms with Crippen LogP contribution in [0, 0.1) is 11.8 Å². The third-order valence-corrected chi connectivity index (χ3v) is 6.08. The summed E-state index contributed by atoms with van der Waals surface area (Å²) in [6.45, 7) is 0.639. The number of carbonyl (C=O) groups is 1. The molecule has 7 nitrogen and oxygen atoms in total. The summed E-state index contributed by atoms with van der Waals surface area (Å²) >= 11 is 0. The Kier molecular flexibility index (Phi) is 4.19. The van der Waals surface area contributed by atoms with Crippen molar-refractivity contribution in [3.63, 3.8) is 0 Å². The number of benzene rings is 2. The zero-order valence-corrected chi connectivity index (χ0v) is 16.5. The van der Waals surface area contributed by atoms with Gasteiger partial charge in [-0.15, -0.1) is 0 Å². The van der Waals surface area contributed by atoms with Crippen LogP contribution in [0.1, 0.15) is 22.6 Å². The SMILES string of the molecule is COc1cc(C2c3cc4c(cc3C[C@H]3COC(=O)[C@H]23)OCO4)cc(OC)c1OC. The average Bonchev–Trinajstić information content (AvgIpc) is 3.35. The zero-order valence-electron chi connectivity index (χ0n) is 16.5. The van der Waals surface area contributed by atoms with Gasteiger partial charge in [-0.3, -0.25) is 4.79 Å². The molecule has 0 amide bonds. The van der Waals surface area contributed by atoms with Gasteiger partial charge in [-0.25, -0.2) is 0 Å². The predicted molar refractivity (Wildman–Crippen MR) is 102 cm³/mol. The molecule has 29 heavy (non-hydrogen) atoms. The van der Waals surface area contributed by atoms with Crippen molar-refractivity contribution in [2.24, 2.45) is 11.8 Å². The molecule has 2 aromatic rings. The van der Waals surface area contributed by atoms with Crippen molar-refractivity contribution in [2.75, 3.05) is 34.7 Å². The fourth-order valence-electron chi connectivity index (χ4n) is 4.79. The van der Waals surface area contributed by atoms with Crippen LogP contribution in [-0.4, -0.2) is 40.7 Å². The minimum absolute atomic E-state index is 0.111. The van der Waals surface area contributed by atoms with Crippen molar-refractivity contribution in [1.82, 2.24) is 0 Å². The second-order valence-corrected chi connectivity index (χ2v) is 7.46. The lowest BCUT2D eigenvalue weighted by molar-refractivity contribution is -0.141. The van der Waals surface area contributed by atoms with Crippen molar-refractivity contribution in [2.45, 2.75) is 12.3 Å². The van der Waals surface area contributed by atoms with Gasteiger partial charge in [0.2, 0.25) is 12.5 Å². The van der Waals surface area contributed by atoms with Gasteiger partial charge in [-0.2, -0.15) is 0 Å². The maximum atomic E-state index is 12.7. The number of methoxy groups -OCH3 is 3. The third-order valence-electron chi connectivity index (χ3n) is 6.08. The number of cyclic esters (lactones) is 1. The zero-order chi connectivity index (χ0) is 20.1. The largest absolute Gasteiger partial charge is 0.493 e. The number of ether oxygens (including phenoxy) is 6. The summed E-state index contributed by atoms with van der Waals surface area (Å²) in [5, 5.41) is 0. The Bertz CT molecular complexity index is 958. The van der Waals surface area contributed by atoms with Crippen LogP contribution in [0.5, 0.6) is 28.7 Å². The standard InChI is InChI=1S/C22H22O7/c1-24-17-6-12(7-18(25-2)21(17)26-3)19-14-8-16-15(28-10-29-16)5-11(14)4-13-9-27-22(23)20(13)19/h5-8,13,19-20H,4,9-10H2,1-3H3/t13-,19?,20-/m0/s1. The monoisotopic (exact) mass is 398 g/mol. The minimum Gasteiger partial charge on any atom is -0.493 e. The molecule has 0 aromatic heterocycles. The highest BCUT2D eigenvalue weighted by atomic mass is 16.7. The van der Waals surface area contributed by atoms with E-state index in [4.69, 9.17) is 28.4 Å². The molecule has 2 aromatic carbocycles. The molecule has 0 radical (unpaired) electrons. The van der Waals surface area contributed by atoms with Gasteiger partial charge in [0.25, 0.3) is 0 Å². The molecule has 1 aliphatic carbocycles. The van der Waals surface area contributed by atoms with Crippen LogP contribution in [0.25, 0.3) is 0 Å². The van der Waals surface area contributed by atoms with Gasteiger partial charge in [-0.1, -0.05) is 0 Å². The summed E-state index contributed by atoms with van der Waals surface area (Å²) in [7, 11) is 4.74. The highest BCUT2D eigenvalue weighted by molar-refractivity contribution is 5.78. The van der Waals surface area contributed by atoms with E-state index in [1.807, 2.05) is 24.3 Å². The second kappa shape index (κ2) is 6.76. The summed E-state index contributed by atoms with van der Waals surface area (Å²) in [4.78, 5) is 12.7. The number of esters is 1. The maximum Gasteiger partial charge on any atom is 0.310 e. The molecule has 152 valence electrons. The van der Waals surface area contributed by atoms with Gasteiger partial charge in [0.15, 0.2) is 23.0 Å². The Balaban J connectivity index is 1.71. The maximum absolute atomic E-state index is 12.7. The lowest BCUT2D eigenvalue weighted by Gasteiger charge is -2.34. The summed E-state index contributed by atoms with van der Waals surface area (Å²) in [5.41, 5.74) is 3.10. The molecule has 2 aliphatic heterocycles. The molecule has 7 heteroatoms. The minimum atomic E-state index is -0.273. The lowest BCUT2D eigenvalue weighted by Crippen LogP contribution is -2.31. The predicted octanol–water partition coefficient (Wildman–Crippen LogP) is 2.92. The molecule has 2 heterocycles. The first-order chi connectivity index (χ1) is 14.1. The van der Waals surface area contributed by atoms with E-state index in [-0.39, 0.29) is 30.5 Å². The van der Waals surface area contributed by atoms with E-state index >= 15 is 0 Å². The van der Waals surface area contributed by atoms with Crippen LogP contribution in [0.2, 0.25) is 0 Å². The highest BCUT2D eigenvalue weighted by Crippen LogP contribution is 2.52. The molecular formula is C22H22O7. The summed E-state index contributed by atoms with van der Waals surface area (Å²) in [6.07, 6.45) is 0.767. The Labute approximate surface area is 168 Å². The van der Waals surface area contributed by atoms with Crippen LogP contribution in [-0.2, 0) is 16.0 Å².